The van der Waals surface area contributed by atoms with Gasteiger partial charge < -0.3 is 9.47 Å². The van der Waals surface area contributed by atoms with Crippen molar-refractivity contribution in [2.24, 2.45) is 0 Å². The predicted molar refractivity (Wildman–Crippen MR) is 121 cm³/mol. The fourth-order valence-corrected chi connectivity index (χ4v) is 4.40. The smallest absolute Gasteiger partial charge is 0.282 e. The van der Waals surface area contributed by atoms with Crippen LogP contribution in [0.2, 0.25) is 0 Å². The number of hydrogen-bond acceptors (Lipinski definition) is 6. The molecule has 0 spiro atoms. The van der Waals surface area contributed by atoms with Gasteiger partial charge in [0.2, 0.25) is 0 Å². The van der Waals surface area contributed by atoms with E-state index in [2.05, 4.69) is 0 Å². The van der Waals surface area contributed by atoms with E-state index in [0.29, 0.717) is 21.4 Å². The topological polar surface area (TPSA) is 96.7 Å². The number of ether oxygens (including phenoxy) is 2. The number of hydrogen-bond donors (Lipinski definition) is 0. The number of nitriles is 1. The van der Waals surface area contributed by atoms with Crippen molar-refractivity contribution in [2.45, 2.75) is 4.90 Å². The Bertz CT molecular complexity index is 1280. The van der Waals surface area contributed by atoms with E-state index in [0.717, 1.165) is 0 Å². The van der Waals surface area contributed by atoms with Crippen molar-refractivity contribution in [3.8, 4) is 17.6 Å². The summed E-state index contributed by atoms with van der Waals surface area (Å²) in [6, 6.07) is 22.1. The summed E-state index contributed by atoms with van der Waals surface area (Å²) in [5.41, 5.74) is 0.164. The molecule has 0 radical (unpaired) electrons. The molecule has 0 aromatic heterocycles. The monoisotopic (exact) mass is 448 g/mol. The molecule has 3 rings (SSSR count). The minimum atomic E-state index is -4.32. The third-order valence-electron chi connectivity index (χ3n) is 4.56. The van der Waals surface area contributed by atoms with Crippen LogP contribution < -0.4 is 13.8 Å². The summed E-state index contributed by atoms with van der Waals surface area (Å²) in [4.78, 5) is 13.4. The molecule has 3 aromatic carbocycles. The number of carbonyl (C=O) groups is 1. The van der Waals surface area contributed by atoms with E-state index in [1.807, 2.05) is 6.07 Å². The van der Waals surface area contributed by atoms with Gasteiger partial charge in [-0.3, -0.25) is 4.79 Å². The van der Waals surface area contributed by atoms with Gasteiger partial charge in [-0.25, -0.2) is 8.42 Å². The van der Waals surface area contributed by atoms with Gasteiger partial charge in [-0.05, 0) is 48.5 Å². The van der Waals surface area contributed by atoms with Gasteiger partial charge in [0.1, 0.15) is 23.1 Å². The zero-order valence-electron chi connectivity index (χ0n) is 17.4. The van der Waals surface area contributed by atoms with Crippen LogP contribution in [0.4, 0.5) is 5.69 Å². The molecule has 0 bridgehead atoms. The van der Waals surface area contributed by atoms with Crippen molar-refractivity contribution >= 4 is 27.7 Å². The molecule has 162 valence electrons. The Morgan fingerprint density at radius 1 is 0.906 bits per heavy atom. The molecular formula is C24H20N2O5S. The van der Waals surface area contributed by atoms with E-state index in [4.69, 9.17) is 9.47 Å². The van der Waals surface area contributed by atoms with Gasteiger partial charge in [0.05, 0.1) is 24.8 Å². The van der Waals surface area contributed by atoms with Crippen LogP contribution in [0.3, 0.4) is 0 Å². The average Bonchev–Trinajstić information content (AvgIpc) is 2.83. The highest BCUT2D eigenvalue weighted by molar-refractivity contribution is 7.93. The highest BCUT2D eigenvalue weighted by Gasteiger charge is 2.33. The number of benzene rings is 3. The average molecular weight is 449 g/mol. The molecule has 0 fully saturated rings. The van der Waals surface area contributed by atoms with Crippen LogP contribution in [-0.4, -0.2) is 28.5 Å². The van der Waals surface area contributed by atoms with Gasteiger partial charge in [-0.15, -0.1) is 0 Å². The second-order valence-corrected chi connectivity index (χ2v) is 8.28. The van der Waals surface area contributed by atoms with E-state index in [1.54, 1.807) is 42.5 Å². The first-order valence-electron chi connectivity index (χ1n) is 9.46. The van der Waals surface area contributed by atoms with Crippen LogP contribution in [0.15, 0.2) is 89.3 Å². The Morgan fingerprint density at radius 3 is 2.12 bits per heavy atom. The summed E-state index contributed by atoms with van der Waals surface area (Å²) < 4.78 is 37.9. The number of para-hydroxylation sites is 1. The Labute approximate surface area is 186 Å². The lowest BCUT2D eigenvalue weighted by Gasteiger charge is -2.22. The maximum Gasteiger partial charge on any atom is 0.282 e. The summed E-state index contributed by atoms with van der Waals surface area (Å²) in [6.07, 6.45) is 1.30. The molecule has 0 aliphatic carbocycles. The zero-order valence-corrected chi connectivity index (χ0v) is 18.2. The number of sulfonamides is 1. The SMILES string of the molecule is COc1ccc(N(C(=O)/C(C#N)=C/c2ccccc2OC)S(=O)(=O)c2ccccc2)cc1. The van der Waals surface area contributed by atoms with Crippen molar-refractivity contribution in [1.29, 1.82) is 5.26 Å². The highest BCUT2D eigenvalue weighted by atomic mass is 32.2. The highest BCUT2D eigenvalue weighted by Crippen LogP contribution is 2.29. The normalized spacial score (nSPS) is 11.3. The Balaban J connectivity index is 2.16. The summed E-state index contributed by atoms with van der Waals surface area (Å²) in [5.74, 6) is -0.0641. The number of methoxy groups -OCH3 is 2. The van der Waals surface area contributed by atoms with Gasteiger partial charge in [-0.2, -0.15) is 9.57 Å². The quantitative estimate of drug-likeness (QED) is 0.400. The third-order valence-corrected chi connectivity index (χ3v) is 6.29. The van der Waals surface area contributed by atoms with Crippen LogP contribution >= 0.6 is 0 Å². The fraction of sp³-hybridized carbons (Fsp3) is 0.0833. The molecule has 8 heteroatoms. The Morgan fingerprint density at radius 2 is 1.53 bits per heavy atom. The molecule has 0 N–H and O–H groups in total. The van der Waals surface area contributed by atoms with Gasteiger partial charge >= 0.3 is 0 Å². The summed E-state index contributed by atoms with van der Waals surface area (Å²) >= 11 is 0. The first kappa shape index (κ1) is 22.6. The number of rotatable bonds is 7. The maximum atomic E-state index is 13.4. The standard InChI is InChI=1S/C24H20N2O5S/c1-30-21-14-12-20(13-15-21)26(32(28,29)22-9-4-3-5-10-22)24(27)19(17-25)16-18-8-6-7-11-23(18)31-2/h3-16H,1-2H3/b19-16+. The number of carbonyl (C=O) groups excluding carboxylic acids is 1. The van der Waals surface area contributed by atoms with Crippen LogP contribution in [0.25, 0.3) is 6.08 Å². The summed E-state index contributed by atoms with van der Waals surface area (Å²) in [7, 11) is -1.38. The molecule has 1 amide bonds. The van der Waals surface area contributed by atoms with Crippen LogP contribution in [-0.2, 0) is 14.8 Å². The minimum Gasteiger partial charge on any atom is -0.497 e. The van der Waals surface area contributed by atoms with E-state index >= 15 is 0 Å². The lowest BCUT2D eigenvalue weighted by atomic mass is 10.1. The molecule has 7 nitrogen and oxygen atoms in total. The predicted octanol–water partition coefficient (Wildman–Crippen LogP) is 4.03. The maximum absolute atomic E-state index is 13.4. The first-order valence-corrected chi connectivity index (χ1v) is 10.9. The van der Waals surface area contributed by atoms with Gasteiger partial charge in [0.15, 0.2) is 0 Å². The van der Waals surface area contributed by atoms with Gasteiger partial charge in [0, 0.05) is 5.56 Å². The second-order valence-electron chi connectivity index (χ2n) is 6.50. The first-order chi connectivity index (χ1) is 15.4. The van der Waals surface area contributed by atoms with Gasteiger partial charge in [0.25, 0.3) is 15.9 Å². The lowest BCUT2D eigenvalue weighted by molar-refractivity contribution is -0.113. The minimum absolute atomic E-state index is 0.0702. The third kappa shape index (κ3) is 4.63. The largest absolute Gasteiger partial charge is 0.497 e. The molecular weight excluding hydrogens is 428 g/mol. The molecule has 0 heterocycles. The van der Waals surface area contributed by atoms with E-state index < -0.39 is 15.9 Å². The lowest BCUT2D eigenvalue weighted by Crippen LogP contribution is -2.37. The molecule has 0 atom stereocenters. The number of amides is 1. The van der Waals surface area contributed by atoms with Crippen molar-refractivity contribution in [3.05, 3.63) is 90.0 Å². The molecule has 0 unspecified atom stereocenters. The van der Waals surface area contributed by atoms with Crippen molar-refractivity contribution in [2.75, 3.05) is 18.5 Å². The van der Waals surface area contributed by atoms with E-state index in [-0.39, 0.29) is 16.2 Å². The molecule has 0 aliphatic rings. The van der Waals surface area contributed by atoms with Gasteiger partial charge in [-0.1, -0.05) is 36.4 Å². The molecule has 0 saturated heterocycles. The fourth-order valence-electron chi connectivity index (χ4n) is 2.97. The molecule has 0 aliphatic heterocycles. The second kappa shape index (κ2) is 9.81. The van der Waals surface area contributed by atoms with Crippen molar-refractivity contribution in [3.63, 3.8) is 0 Å². The van der Waals surface area contributed by atoms with E-state index in [9.17, 15) is 18.5 Å². The summed E-state index contributed by atoms with van der Waals surface area (Å²) in [5, 5.41) is 9.71. The van der Waals surface area contributed by atoms with E-state index in [1.165, 1.54) is 56.7 Å². The molecule has 3 aromatic rings. The zero-order chi connectivity index (χ0) is 23.1. The molecule has 32 heavy (non-hydrogen) atoms. The number of nitrogens with zero attached hydrogens (tertiary/aromatic N) is 2. The number of anilines is 1. The van der Waals surface area contributed by atoms with Crippen LogP contribution in [0, 0.1) is 11.3 Å². The Kier molecular flexibility index (Phi) is 6.93. The Hall–Kier alpha value is -4.09. The van der Waals surface area contributed by atoms with Crippen LogP contribution in [0.5, 0.6) is 11.5 Å². The van der Waals surface area contributed by atoms with Crippen molar-refractivity contribution < 1.29 is 22.7 Å². The van der Waals surface area contributed by atoms with Crippen molar-refractivity contribution in [1.82, 2.24) is 0 Å². The summed E-state index contributed by atoms with van der Waals surface area (Å²) in [6.45, 7) is 0. The molecule has 0 saturated carbocycles. The van der Waals surface area contributed by atoms with Crippen LogP contribution in [0.1, 0.15) is 5.56 Å².